The predicted molar refractivity (Wildman–Crippen MR) is 81.3 cm³/mol. The second-order valence-electron chi connectivity index (χ2n) is 4.45. The summed E-state index contributed by atoms with van der Waals surface area (Å²) in [6, 6.07) is 9.45. The van der Waals surface area contributed by atoms with Gasteiger partial charge in [0.05, 0.1) is 27.9 Å². The number of benzene rings is 1. The van der Waals surface area contributed by atoms with Crippen LogP contribution >= 0.6 is 11.6 Å². The Bertz CT molecular complexity index is 891. The highest BCUT2D eigenvalue weighted by Gasteiger charge is 2.15. The van der Waals surface area contributed by atoms with Gasteiger partial charge in [0.1, 0.15) is 11.3 Å². The predicted octanol–water partition coefficient (Wildman–Crippen LogP) is 3.15. The molecule has 0 fully saturated rings. The average molecular weight is 317 g/mol. The number of carbonyl (C=O) groups excluding carboxylic acids is 1. The Morgan fingerprint density at radius 2 is 2.09 bits per heavy atom. The van der Waals surface area contributed by atoms with Gasteiger partial charge in [-0.05, 0) is 12.1 Å². The minimum absolute atomic E-state index is 0.0869. The van der Waals surface area contributed by atoms with Crippen LogP contribution in [0.15, 0.2) is 48.8 Å². The van der Waals surface area contributed by atoms with Crippen molar-refractivity contribution in [3.8, 4) is 0 Å². The maximum Gasteiger partial charge on any atom is 0.274 e. The summed E-state index contributed by atoms with van der Waals surface area (Å²) in [6.07, 6.45) is 2.78. The van der Waals surface area contributed by atoms with Gasteiger partial charge in [-0.2, -0.15) is 0 Å². The maximum absolute atomic E-state index is 12.3. The first-order valence-corrected chi connectivity index (χ1v) is 6.61. The number of para-hydroxylation sites is 1. The largest absolute Gasteiger partial charge is 0.319 e. The lowest BCUT2D eigenvalue weighted by molar-refractivity contribution is -0.384. The van der Waals surface area contributed by atoms with E-state index in [-0.39, 0.29) is 11.4 Å². The fourth-order valence-corrected chi connectivity index (χ4v) is 2.18. The molecular formula is C14H9ClN4O3. The van der Waals surface area contributed by atoms with Crippen molar-refractivity contribution >= 4 is 34.5 Å². The van der Waals surface area contributed by atoms with Crippen molar-refractivity contribution in [3.05, 3.63) is 69.6 Å². The first kappa shape index (κ1) is 14.0. The van der Waals surface area contributed by atoms with Crippen LogP contribution in [0, 0.1) is 10.1 Å². The van der Waals surface area contributed by atoms with E-state index in [1.165, 1.54) is 28.9 Å². The molecule has 22 heavy (non-hydrogen) atoms. The molecule has 1 aromatic carbocycles. The molecule has 0 aliphatic carbocycles. The highest BCUT2D eigenvalue weighted by atomic mass is 35.5. The number of hydrogen-bond acceptors (Lipinski definition) is 4. The number of imidazole rings is 1. The van der Waals surface area contributed by atoms with Crippen LogP contribution in [0.2, 0.25) is 5.02 Å². The zero-order valence-corrected chi connectivity index (χ0v) is 11.8. The highest BCUT2D eigenvalue weighted by Crippen LogP contribution is 2.22. The molecular weight excluding hydrogens is 308 g/mol. The molecule has 3 rings (SSSR count). The van der Waals surface area contributed by atoms with Crippen LogP contribution < -0.4 is 5.32 Å². The van der Waals surface area contributed by atoms with Crippen molar-refractivity contribution in [3.63, 3.8) is 0 Å². The number of hydrogen-bond donors (Lipinski definition) is 1. The van der Waals surface area contributed by atoms with E-state index in [1.54, 1.807) is 24.3 Å². The molecule has 2 heterocycles. The number of nitro groups is 1. The molecule has 0 unspecified atom stereocenters. The third kappa shape index (κ3) is 2.49. The lowest BCUT2D eigenvalue weighted by Crippen LogP contribution is -2.14. The molecule has 110 valence electrons. The topological polar surface area (TPSA) is 89.5 Å². The SMILES string of the molecule is O=C(Nc1ccccc1Cl)c1cnc2cc([N+](=O)[O-])ccn12. The Morgan fingerprint density at radius 3 is 2.82 bits per heavy atom. The molecule has 0 saturated carbocycles. The van der Waals surface area contributed by atoms with Crippen molar-refractivity contribution in [2.45, 2.75) is 0 Å². The number of fused-ring (bicyclic) bond motifs is 1. The van der Waals surface area contributed by atoms with Crippen molar-refractivity contribution in [1.82, 2.24) is 9.38 Å². The number of amides is 1. The molecule has 0 bridgehead atoms. The summed E-state index contributed by atoms with van der Waals surface area (Å²) >= 11 is 5.99. The minimum Gasteiger partial charge on any atom is -0.319 e. The smallest absolute Gasteiger partial charge is 0.274 e. The molecule has 1 N–H and O–H groups in total. The summed E-state index contributed by atoms with van der Waals surface area (Å²) in [5, 5.41) is 13.8. The van der Waals surface area contributed by atoms with Gasteiger partial charge < -0.3 is 5.32 Å². The summed E-state index contributed by atoms with van der Waals surface area (Å²) < 4.78 is 1.47. The zero-order valence-electron chi connectivity index (χ0n) is 11.1. The third-order valence-corrected chi connectivity index (χ3v) is 3.39. The van der Waals surface area contributed by atoms with Gasteiger partial charge in [-0.1, -0.05) is 23.7 Å². The molecule has 0 aliphatic heterocycles. The first-order valence-electron chi connectivity index (χ1n) is 6.23. The summed E-state index contributed by atoms with van der Waals surface area (Å²) in [4.78, 5) is 26.5. The van der Waals surface area contributed by atoms with E-state index in [0.29, 0.717) is 16.4 Å². The lowest BCUT2D eigenvalue weighted by Gasteiger charge is -2.06. The molecule has 0 atom stereocenters. The normalized spacial score (nSPS) is 10.6. The number of carbonyl (C=O) groups is 1. The average Bonchev–Trinajstić information content (AvgIpc) is 2.92. The molecule has 1 amide bonds. The number of pyridine rings is 1. The molecule has 8 heteroatoms. The van der Waals surface area contributed by atoms with E-state index in [9.17, 15) is 14.9 Å². The number of nitrogens with zero attached hydrogens (tertiary/aromatic N) is 3. The van der Waals surface area contributed by atoms with E-state index in [1.807, 2.05) is 0 Å². The van der Waals surface area contributed by atoms with Crippen molar-refractivity contribution < 1.29 is 9.72 Å². The van der Waals surface area contributed by atoms with Gasteiger partial charge >= 0.3 is 0 Å². The number of nitrogens with one attached hydrogen (secondary N) is 1. The summed E-state index contributed by atoms with van der Waals surface area (Å²) in [7, 11) is 0. The van der Waals surface area contributed by atoms with Crippen molar-refractivity contribution in [2.75, 3.05) is 5.32 Å². The fourth-order valence-electron chi connectivity index (χ4n) is 2.00. The van der Waals surface area contributed by atoms with Gasteiger partial charge in [0, 0.05) is 12.3 Å². The van der Waals surface area contributed by atoms with E-state index >= 15 is 0 Å². The van der Waals surface area contributed by atoms with Crippen molar-refractivity contribution in [1.29, 1.82) is 0 Å². The molecule has 7 nitrogen and oxygen atoms in total. The molecule has 2 aromatic heterocycles. The van der Waals surface area contributed by atoms with E-state index < -0.39 is 10.8 Å². The van der Waals surface area contributed by atoms with Crippen LogP contribution in [0.4, 0.5) is 11.4 Å². The Labute approximate surface area is 129 Å². The summed E-state index contributed by atoms with van der Waals surface area (Å²) in [6.45, 7) is 0. The first-order chi connectivity index (χ1) is 10.6. The van der Waals surface area contributed by atoms with Crippen LogP contribution in [-0.4, -0.2) is 20.2 Å². The number of aromatic nitrogens is 2. The van der Waals surface area contributed by atoms with E-state index in [2.05, 4.69) is 10.3 Å². The van der Waals surface area contributed by atoms with Gasteiger partial charge in [0.25, 0.3) is 11.6 Å². The monoisotopic (exact) mass is 316 g/mol. The summed E-state index contributed by atoms with van der Waals surface area (Å²) in [5.41, 5.74) is 0.963. The van der Waals surface area contributed by atoms with Crippen LogP contribution in [0.1, 0.15) is 10.5 Å². The van der Waals surface area contributed by atoms with Crippen LogP contribution in [0.5, 0.6) is 0 Å². The highest BCUT2D eigenvalue weighted by molar-refractivity contribution is 6.33. The van der Waals surface area contributed by atoms with Gasteiger partial charge in [-0.3, -0.25) is 19.3 Å². The van der Waals surface area contributed by atoms with Gasteiger partial charge in [-0.15, -0.1) is 0 Å². The van der Waals surface area contributed by atoms with Crippen molar-refractivity contribution in [2.24, 2.45) is 0 Å². The minimum atomic E-state index is -0.516. The molecule has 3 aromatic rings. The van der Waals surface area contributed by atoms with Crippen LogP contribution in [0.25, 0.3) is 5.65 Å². The number of halogens is 1. The molecule has 0 radical (unpaired) electrons. The second kappa shape index (κ2) is 5.45. The molecule has 0 spiro atoms. The second-order valence-corrected chi connectivity index (χ2v) is 4.85. The Kier molecular flexibility index (Phi) is 3.48. The zero-order chi connectivity index (χ0) is 15.7. The fraction of sp³-hybridized carbons (Fsp3) is 0. The van der Waals surface area contributed by atoms with E-state index in [0.717, 1.165) is 0 Å². The standard InChI is InChI=1S/C14H9ClN4O3/c15-10-3-1-2-4-11(10)17-14(20)12-8-16-13-7-9(19(21)22)5-6-18(12)13/h1-8H,(H,17,20). The number of rotatable bonds is 3. The molecule has 0 aliphatic rings. The Hall–Kier alpha value is -2.93. The van der Waals surface area contributed by atoms with Crippen LogP contribution in [-0.2, 0) is 0 Å². The third-order valence-electron chi connectivity index (χ3n) is 3.06. The Morgan fingerprint density at radius 1 is 1.32 bits per heavy atom. The summed E-state index contributed by atoms with van der Waals surface area (Å²) in [5.74, 6) is -0.408. The maximum atomic E-state index is 12.3. The number of anilines is 1. The Balaban J connectivity index is 1.95. The van der Waals surface area contributed by atoms with Gasteiger partial charge in [0.2, 0.25) is 0 Å². The molecule has 0 saturated heterocycles. The lowest BCUT2D eigenvalue weighted by atomic mass is 10.3. The van der Waals surface area contributed by atoms with E-state index in [4.69, 9.17) is 11.6 Å². The van der Waals surface area contributed by atoms with Crippen LogP contribution in [0.3, 0.4) is 0 Å². The van der Waals surface area contributed by atoms with Gasteiger partial charge in [-0.25, -0.2) is 4.98 Å². The quantitative estimate of drug-likeness (QED) is 0.593. The van der Waals surface area contributed by atoms with Gasteiger partial charge in [0.15, 0.2) is 0 Å².